The smallest absolute Gasteiger partial charge is 0.272 e. The number of anilines is 1. The number of hydrogen-bond donors (Lipinski definition) is 1. The van der Waals surface area contributed by atoms with E-state index in [1.807, 2.05) is 0 Å². The number of nitro groups is 1. The average molecular weight is 378 g/mol. The van der Waals surface area contributed by atoms with Crippen LogP contribution in [0.1, 0.15) is 11.1 Å². The van der Waals surface area contributed by atoms with Crippen molar-refractivity contribution in [3.8, 4) is 0 Å². The van der Waals surface area contributed by atoms with Gasteiger partial charge >= 0.3 is 6.18 Å². The van der Waals surface area contributed by atoms with Crippen LogP contribution in [-0.4, -0.2) is 11.1 Å². The minimum Gasteiger partial charge on any atom is -0.272 e. The van der Waals surface area contributed by atoms with Crippen LogP contribution in [0, 0.1) is 10.1 Å². The lowest BCUT2D eigenvalue weighted by atomic mass is 10.1. The van der Waals surface area contributed by atoms with E-state index in [4.69, 9.17) is 23.2 Å². The third-order valence-corrected chi connectivity index (χ3v) is 3.44. The number of hydrazone groups is 1. The summed E-state index contributed by atoms with van der Waals surface area (Å²) in [5.41, 5.74) is 0.755. The monoisotopic (exact) mass is 377 g/mol. The van der Waals surface area contributed by atoms with Gasteiger partial charge in [0.25, 0.3) is 5.69 Å². The van der Waals surface area contributed by atoms with Gasteiger partial charge in [-0.2, -0.15) is 18.3 Å². The van der Waals surface area contributed by atoms with Crippen molar-refractivity contribution in [3.05, 3.63) is 67.7 Å². The lowest BCUT2D eigenvalue weighted by Crippen LogP contribution is -2.06. The lowest BCUT2D eigenvalue weighted by Gasteiger charge is -2.08. The summed E-state index contributed by atoms with van der Waals surface area (Å²) in [6.07, 6.45) is -3.41. The zero-order chi connectivity index (χ0) is 17.9. The Morgan fingerprint density at radius 2 is 1.88 bits per heavy atom. The molecule has 0 atom stereocenters. The number of nitro benzene ring substituents is 1. The molecule has 126 valence electrons. The standard InChI is InChI=1S/C14H8Cl2F3N3O2/c15-10-3-1-8(11(16)6-10)7-20-21-12-4-2-9(14(17,18)19)5-13(12)22(23)24/h1-7,21H/b20-7+. The second kappa shape index (κ2) is 7.06. The van der Waals surface area contributed by atoms with Crippen molar-refractivity contribution in [1.82, 2.24) is 0 Å². The van der Waals surface area contributed by atoms with Gasteiger partial charge in [0.05, 0.1) is 21.7 Å². The van der Waals surface area contributed by atoms with E-state index in [-0.39, 0.29) is 5.69 Å². The molecule has 0 aliphatic carbocycles. The zero-order valence-corrected chi connectivity index (χ0v) is 13.2. The highest BCUT2D eigenvalue weighted by molar-refractivity contribution is 6.36. The molecular weight excluding hydrogens is 370 g/mol. The second-order valence-corrected chi connectivity index (χ2v) is 5.37. The summed E-state index contributed by atoms with van der Waals surface area (Å²) in [6, 6.07) is 6.70. The molecule has 24 heavy (non-hydrogen) atoms. The van der Waals surface area contributed by atoms with E-state index >= 15 is 0 Å². The van der Waals surface area contributed by atoms with Crippen molar-refractivity contribution >= 4 is 40.8 Å². The molecule has 0 saturated carbocycles. The Morgan fingerprint density at radius 1 is 1.17 bits per heavy atom. The van der Waals surface area contributed by atoms with E-state index < -0.39 is 22.4 Å². The Balaban J connectivity index is 2.26. The molecule has 5 nitrogen and oxygen atoms in total. The Hall–Kier alpha value is -2.32. The van der Waals surface area contributed by atoms with Gasteiger partial charge in [-0.3, -0.25) is 15.5 Å². The molecule has 0 aliphatic rings. The van der Waals surface area contributed by atoms with E-state index in [1.54, 1.807) is 12.1 Å². The Bertz CT molecular complexity index is 810. The van der Waals surface area contributed by atoms with Crippen LogP contribution in [0.4, 0.5) is 24.5 Å². The molecule has 0 amide bonds. The van der Waals surface area contributed by atoms with Crippen molar-refractivity contribution in [3.63, 3.8) is 0 Å². The predicted molar refractivity (Wildman–Crippen MR) is 85.8 cm³/mol. The molecule has 2 rings (SSSR count). The summed E-state index contributed by atoms with van der Waals surface area (Å²) < 4.78 is 37.8. The maximum Gasteiger partial charge on any atom is 0.416 e. The van der Waals surface area contributed by atoms with Gasteiger partial charge in [-0.05, 0) is 24.3 Å². The van der Waals surface area contributed by atoms with Crippen LogP contribution >= 0.6 is 23.2 Å². The molecule has 0 bridgehead atoms. The first-order chi connectivity index (χ1) is 11.2. The van der Waals surface area contributed by atoms with Gasteiger partial charge < -0.3 is 0 Å². The molecule has 0 aliphatic heterocycles. The topological polar surface area (TPSA) is 67.5 Å². The average Bonchev–Trinajstić information content (AvgIpc) is 2.48. The van der Waals surface area contributed by atoms with Crippen LogP contribution in [-0.2, 0) is 6.18 Å². The zero-order valence-electron chi connectivity index (χ0n) is 11.6. The Labute approximate surface area is 143 Å². The van der Waals surface area contributed by atoms with Gasteiger partial charge in [0.1, 0.15) is 5.69 Å². The fourth-order valence-corrected chi connectivity index (χ4v) is 2.19. The Kier molecular flexibility index (Phi) is 5.30. The molecule has 0 unspecified atom stereocenters. The highest BCUT2D eigenvalue weighted by Gasteiger charge is 2.33. The first-order valence-corrected chi connectivity index (χ1v) is 7.04. The van der Waals surface area contributed by atoms with Crippen molar-refractivity contribution in [1.29, 1.82) is 0 Å². The second-order valence-electron chi connectivity index (χ2n) is 4.52. The van der Waals surface area contributed by atoms with Gasteiger partial charge in [-0.15, -0.1) is 0 Å². The molecule has 0 fully saturated rings. The first-order valence-electron chi connectivity index (χ1n) is 6.28. The van der Waals surface area contributed by atoms with Gasteiger partial charge in [0.15, 0.2) is 0 Å². The van der Waals surface area contributed by atoms with Gasteiger partial charge in [0, 0.05) is 16.7 Å². The summed E-state index contributed by atoms with van der Waals surface area (Å²) in [6.45, 7) is 0. The minimum atomic E-state index is -4.68. The highest BCUT2D eigenvalue weighted by atomic mass is 35.5. The lowest BCUT2D eigenvalue weighted by molar-refractivity contribution is -0.384. The summed E-state index contributed by atoms with van der Waals surface area (Å²) in [5, 5.41) is 15.4. The van der Waals surface area contributed by atoms with Crippen molar-refractivity contribution in [2.75, 3.05) is 5.43 Å². The Morgan fingerprint density at radius 3 is 2.46 bits per heavy atom. The number of halogens is 5. The SMILES string of the molecule is O=[N+]([O-])c1cc(C(F)(F)F)ccc1N/N=C/c1ccc(Cl)cc1Cl. The number of hydrogen-bond acceptors (Lipinski definition) is 4. The largest absolute Gasteiger partial charge is 0.416 e. The molecular formula is C14H8Cl2F3N3O2. The van der Waals surface area contributed by atoms with E-state index in [9.17, 15) is 23.3 Å². The summed E-state index contributed by atoms with van der Waals surface area (Å²) >= 11 is 11.7. The summed E-state index contributed by atoms with van der Waals surface area (Å²) in [7, 11) is 0. The van der Waals surface area contributed by atoms with Crippen LogP contribution in [0.3, 0.4) is 0 Å². The molecule has 0 radical (unpaired) electrons. The number of alkyl halides is 3. The van der Waals surface area contributed by atoms with E-state index in [0.29, 0.717) is 21.7 Å². The number of nitrogens with one attached hydrogen (secondary N) is 1. The molecule has 0 aromatic heterocycles. The molecule has 0 saturated heterocycles. The first kappa shape index (κ1) is 18.0. The maximum atomic E-state index is 12.6. The predicted octanol–water partition coefficient (Wildman–Crippen LogP) is 5.37. The third kappa shape index (κ3) is 4.36. The summed E-state index contributed by atoms with van der Waals surface area (Å²) in [4.78, 5) is 10.0. The highest BCUT2D eigenvalue weighted by Crippen LogP contribution is 2.35. The van der Waals surface area contributed by atoms with Crippen LogP contribution in [0.15, 0.2) is 41.5 Å². The van der Waals surface area contributed by atoms with E-state index in [2.05, 4.69) is 10.5 Å². The minimum absolute atomic E-state index is 0.186. The molecule has 0 spiro atoms. The molecule has 1 N–H and O–H groups in total. The van der Waals surface area contributed by atoms with E-state index in [0.717, 1.165) is 12.1 Å². The summed E-state index contributed by atoms with van der Waals surface area (Å²) in [5.74, 6) is 0. The number of benzene rings is 2. The molecule has 2 aromatic carbocycles. The van der Waals surface area contributed by atoms with E-state index in [1.165, 1.54) is 12.3 Å². The van der Waals surface area contributed by atoms with Crippen LogP contribution in [0.5, 0.6) is 0 Å². The molecule has 2 aromatic rings. The fraction of sp³-hybridized carbons (Fsp3) is 0.0714. The fourth-order valence-electron chi connectivity index (χ4n) is 1.73. The van der Waals surface area contributed by atoms with Crippen molar-refractivity contribution < 1.29 is 18.1 Å². The van der Waals surface area contributed by atoms with Gasteiger partial charge in [-0.25, -0.2) is 0 Å². The third-order valence-electron chi connectivity index (χ3n) is 2.87. The number of nitrogens with zero attached hydrogens (tertiary/aromatic N) is 2. The molecule has 0 heterocycles. The molecule has 10 heteroatoms. The normalized spacial score (nSPS) is 11.7. The number of rotatable bonds is 4. The van der Waals surface area contributed by atoms with Crippen LogP contribution in [0.25, 0.3) is 0 Å². The van der Waals surface area contributed by atoms with Crippen molar-refractivity contribution in [2.24, 2.45) is 5.10 Å². The maximum absolute atomic E-state index is 12.6. The van der Waals surface area contributed by atoms with Gasteiger partial charge in [0.2, 0.25) is 0 Å². The van der Waals surface area contributed by atoms with Crippen LogP contribution < -0.4 is 5.43 Å². The van der Waals surface area contributed by atoms with Crippen LogP contribution in [0.2, 0.25) is 10.0 Å². The van der Waals surface area contributed by atoms with Gasteiger partial charge in [-0.1, -0.05) is 29.3 Å². The van der Waals surface area contributed by atoms with Crippen molar-refractivity contribution in [2.45, 2.75) is 6.18 Å². The quantitative estimate of drug-likeness (QED) is 0.442.